The zero-order valence-electron chi connectivity index (χ0n) is 13.3. The predicted octanol–water partition coefficient (Wildman–Crippen LogP) is 2.95. The van der Waals surface area contributed by atoms with Crippen LogP contribution in [-0.4, -0.2) is 31.2 Å². The minimum Gasteiger partial charge on any atom is -0.486 e. The van der Waals surface area contributed by atoms with Crippen molar-refractivity contribution in [2.24, 2.45) is 4.99 Å². The number of rotatable bonds is 7. The number of aliphatic imine (C=N–C) groups is 1. The Hall–Kier alpha value is -1.78. The molecule has 2 N–H and O–H groups in total. The molecule has 0 aliphatic heterocycles. The van der Waals surface area contributed by atoms with Crippen molar-refractivity contribution in [3.63, 3.8) is 0 Å². The van der Waals surface area contributed by atoms with Crippen molar-refractivity contribution in [1.82, 2.24) is 10.6 Å². The molecule has 0 saturated heterocycles. The fraction of sp³-hybridized carbons (Fsp3) is 0.562. The average molecular weight is 295 g/mol. The van der Waals surface area contributed by atoms with Gasteiger partial charge in [0.05, 0.1) is 6.54 Å². The van der Waals surface area contributed by atoms with Crippen molar-refractivity contribution in [1.29, 1.82) is 0 Å². The zero-order chi connectivity index (χ0) is 15.7. The first-order valence-corrected chi connectivity index (χ1v) is 7.52. The predicted molar refractivity (Wildman–Crippen MR) is 85.4 cm³/mol. The lowest BCUT2D eigenvalue weighted by molar-refractivity contribution is 0.220. The SMILES string of the molecule is CCNC(=NCC(C)Oc1ccccc1F)NC(C)CC. The second kappa shape index (κ2) is 9.21. The maximum absolute atomic E-state index is 13.5. The number of ether oxygens (including phenoxy) is 1. The van der Waals surface area contributed by atoms with E-state index < -0.39 is 0 Å². The van der Waals surface area contributed by atoms with Crippen molar-refractivity contribution in [3.8, 4) is 5.75 Å². The summed E-state index contributed by atoms with van der Waals surface area (Å²) in [6.07, 6.45) is 0.820. The van der Waals surface area contributed by atoms with Crippen molar-refractivity contribution in [2.75, 3.05) is 13.1 Å². The minimum atomic E-state index is -0.349. The molecule has 2 atom stereocenters. The Labute approximate surface area is 126 Å². The van der Waals surface area contributed by atoms with Gasteiger partial charge in [-0.25, -0.2) is 9.38 Å². The molecule has 5 heteroatoms. The number of nitrogens with zero attached hydrogens (tertiary/aromatic N) is 1. The van der Waals surface area contributed by atoms with Gasteiger partial charge in [0.15, 0.2) is 17.5 Å². The molecule has 0 bridgehead atoms. The van der Waals surface area contributed by atoms with E-state index in [9.17, 15) is 4.39 Å². The summed E-state index contributed by atoms with van der Waals surface area (Å²) in [5.41, 5.74) is 0. The lowest BCUT2D eigenvalue weighted by Crippen LogP contribution is -2.42. The Bertz CT molecular complexity index is 451. The molecule has 21 heavy (non-hydrogen) atoms. The van der Waals surface area contributed by atoms with E-state index in [4.69, 9.17) is 4.74 Å². The summed E-state index contributed by atoms with van der Waals surface area (Å²) in [6.45, 7) is 9.37. The van der Waals surface area contributed by atoms with E-state index in [1.54, 1.807) is 18.2 Å². The molecule has 0 radical (unpaired) electrons. The summed E-state index contributed by atoms with van der Waals surface area (Å²) >= 11 is 0. The molecule has 0 aliphatic rings. The first-order valence-electron chi connectivity index (χ1n) is 7.52. The first kappa shape index (κ1) is 17.3. The molecule has 2 unspecified atom stereocenters. The third-order valence-corrected chi connectivity index (χ3v) is 3.01. The number of para-hydroxylation sites is 1. The second-order valence-electron chi connectivity index (χ2n) is 5.03. The van der Waals surface area contributed by atoms with Gasteiger partial charge in [-0.2, -0.15) is 0 Å². The smallest absolute Gasteiger partial charge is 0.191 e. The van der Waals surface area contributed by atoms with E-state index in [0.717, 1.165) is 18.9 Å². The summed E-state index contributed by atoms with van der Waals surface area (Å²) in [6, 6.07) is 6.76. The molecule has 0 amide bonds. The Kier molecular flexibility index (Phi) is 7.58. The van der Waals surface area contributed by atoms with E-state index in [-0.39, 0.29) is 17.7 Å². The van der Waals surface area contributed by atoms with Gasteiger partial charge in [-0.05, 0) is 39.3 Å². The molecule has 0 spiro atoms. The third kappa shape index (κ3) is 6.47. The summed E-state index contributed by atoms with van der Waals surface area (Å²) in [5.74, 6) is 0.675. The summed E-state index contributed by atoms with van der Waals surface area (Å²) in [5, 5.41) is 6.50. The molecule has 1 aromatic carbocycles. The molecule has 0 aliphatic carbocycles. The quantitative estimate of drug-likeness (QED) is 0.600. The van der Waals surface area contributed by atoms with Crippen LogP contribution in [-0.2, 0) is 0 Å². The maximum Gasteiger partial charge on any atom is 0.191 e. The van der Waals surface area contributed by atoms with Crippen molar-refractivity contribution >= 4 is 5.96 Å². The Balaban J connectivity index is 2.56. The largest absolute Gasteiger partial charge is 0.486 e. The standard InChI is InChI=1S/C16H26FN3O/c1-5-12(3)20-16(18-6-2)19-11-13(4)21-15-10-8-7-9-14(15)17/h7-10,12-13H,5-6,11H2,1-4H3,(H2,18,19,20). The lowest BCUT2D eigenvalue weighted by atomic mass is 10.3. The van der Waals surface area contributed by atoms with Crippen molar-refractivity contribution < 1.29 is 9.13 Å². The molecule has 1 rings (SSSR count). The van der Waals surface area contributed by atoms with Gasteiger partial charge >= 0.3 is 0 Å². The number of nitrogens with one attached hydrogen (secondary N) is 2. The molecule has 1 aromatic rings. The average Bonchev–Trinajstić information content (AvgIpc) is 2.47. The highest BCUT2D eigenvalue weighted by atomic mass is 19.1. The monoisotopic (exact) mass is 295 g/mol. The zero-order valence-corrected chi connectivity index (χ0v) is 13.3. The number of hydrogen-bond acceptors (Lipinski definition) is 2. The van der Waals surface area contributed by atoms with Gasteiger partial charge < -0.3 is 15.4 Å². The summed E-state index contributed by atoms with van der Waals surface area (Å²) < 4.78 is 19.1. The maximum atomic E-state index is 13.5. The van der Waals surface area contributed by atoms with E-state index in [2.05, 4.69) is 29.5 Å². The van der Waals surface area contributed by atoms with Gasteiger partial charge in [-0.15, -0.1) is 0 Å². The first-order chi connectivity index (χ1) is 10.1. The van der Waals surface area contributed by atoms with Crippen LogP contribution >= 0.6 is 0 Å². The van der Waals surface area contributed by atoms with Crippen LogP contribution < -0.4 is 15.4 Å². The summed E-state index contributed by atoms with van der Waals surface area (Å²) in [7, 11) is 0. The van der Waals surface area contributed by atoms with Crippen LogP contribution in [0.25, 0.3) is 0 Å². The highest BCUT2D eigenvalue weighted by Gasteiger charge is 2.08. The van der Waals surface area contributed by atoms with E-state index in [1.165, 1.54) is 6.07 Å². The van der Waals surface area contributed by atoms with Crippen LogP contribution in [0.4, 0.5) is 4.39 Å². The molecule has 0 aromatic heterocycles. The number of hydrogen-bond donors (Lipinski definition) is 2. The highest BCUT2D eigenvalue weighted by Crippen LogP contribution is 2.16. The highest BCUT2D eigenvalue weighted by molar-refractivity contribution is 5.80. The number of benzene rings is 1. The number of halogens is 1. The Morgan fingerprint density at radius 3 is 2.62 bits per heavy atom. The van der Waals surface area contributed by atoms with Crippen LogP contribution in [0.15, 0.2) is 29.3 Å². The molecule has 0 heterocycles. The van der Waals surface area contributed by atoms with Gasteiger partial charge in [0, 0.05) is 12.6 Å². The second-order valence-corrected chi connectivity index (χ2v) is 5.03. The van der Waals surface area contributed by atoms with E-state index in [1.807, 2.05) is 13.8 Å². The van der Waals surface area contributed by atoms with Crippen molar-refractivity contribution in [3.05, 3.63) is 30.1 Å². The Morgan fingerprint density at radius 2 is 2.00 bits per heavy atom. The fourth-order valence-corrected chi connectivity index (χ4v) is 1.67. The van der Waals surface area contributed by atoms with E-state index in [0.29, 0.717) is 12.6 Å². The lowest BCUT2D eigenvalue weighted by Gasteiger charge is -2.18. The molecular formula is C16H26FN3O. The van der Waals surface area contributed by atoms with Gasteiger partial charge in [0.2, 0.25) is 0 Å². The molecular weight excluding hydrogens is 269 g/mol. The Morgan fingerprint density at radius 1 is 1.29 bits per heavy atom. The fourth-order valence-electron chi connectivity index (χ4n) is 1.67. The normalized spacial score (nSPS) is 14.4. The summed E-state index contributed by atoms with van der Waals surface area (Å²) in [4.78, 5) is 4.47. The molecule has 0 saturated carbocycles. The molecule has 118 valence electrons. The third-order valence-electron chi connectivity index (χ3n) is 3.01. The van der Waals surface area contributed by atoms with Gasteiger partial charge in [0.1, 0.15) is 6.10 Å². The van der Waals surface area contributed by atoms with E-state index >= 15 is 0 Å². The molecule has 0 fully saturated rings. The minimum absolute atomic E-state index is 0.200. The van der Waals surface area contributed by atoms with Crippen LogP contribution in [0.5, 0.6) is 5.75 Å². The van der Waals surface area contributed by atoms with Gasteiger partial charge in [-0.1, -0.05) is 19.1 Å². The number of guanidine groups is 1. The van der Waals surface area contributed by atoms with Gasteiger partial charge in [0.25, 0.3) is 0 Å². The van der Waals surface area contributed by atoms with Crippen LogP contribution in [0.3, 0.4) is 0 Å². The van der Waals surface area contributed by atoms with Gasteiger partial charge in [-0.3, -0.25) is 0 Å². The molecule has 4 nitrogen and oxygen atoms in total. The van der Waals surface area contributed by atoms with Crippen molar-refractivity contribution in [2.45, 2.75) is 46.3 Å². The van der Waals surface area contributed by atoms with Crippen LogP contribution in [0.1, 0.15) is 34.1 Å². The van der Waals surface area contributed by atoms with Crippen LogP contribution in [0.2, 0.25) is 0 Å². The topological polar surface area (TPSA) is 45.7 Å². The van der Waals surface area contributed by atoms with Crippen LogP contribution in [0, 0.1) is 5.82 Å².